The Labute approximate surface area is 173 Å². The Bertz CT molecular complexity index is 924. The molecule has 0 bridgehead atoms. The standard InChI is InChI=1S/C23H30N6/c1-5-18-11-8-10-17(2)22(18)27-21-16-20(19-12-6-7-13-24-19)26-23(28-21)25-14-9-15-29(3)4/h6-8,10-13,16H,5,9,14-15H2,1-4H3,(H2,25,26,27,28). The van der Waals surface area contributed by atoms with Crippen LogP contribution in [0.2, 0.25) is 0 Å². The molecule has 6 heteroatoms. The van der Waals surface area contributed by atoms with Crippen LogP contribution in [0.1, 0.15) is 24.5 Å². The number of anilines is 3. The largest absolute Gasteiger partial charge is 0.354 e. The summed E-state index contributed by atoms with van der Waals surface area (Å²) in [7, 11) is 4.15. The third kappa shape index (κ3) is 5.74. The summed E-state index contributed by atoms with van der Waals surface area (Å²) in [6.45, 7) is 6.11. The van der Waals surface area contributed by atoms with Crippen molar-refractivity contribution in [2.24, 2.45) is 0 Å². The first-order chi connectivity index (χ1) is 14.1. The first kappa shape index (κ1) is 20.7. The minimum absolute atomic E-state index is 0.612. The van der Waals surface area contributed by atoms with E-state index in [1.807, 2.05) is 24.3 Å². The molecule has 29 heavy (non-hydrogen) atoms. The van der Waals surface area contributed by atoms with Crippen LogP contribution in [0.25, 0.3) is 11.4 Å². The second-order valence-electron chi connectivity index (χ2n) is 7.35. The molecule has 0 saturated heterocycles. The summed E-state index contributed by atoms with van der Waals surface area (Å²) in [6.07, 6.45) is 3.76. The quantitative estimate of drug-likeness (QED) is 0.524. The summed E-state index contributed by atoms with van der Waals surface area (Å²) in [5, 5.41) is 6.89. The predicted octanol–water partition coefficient (Wildman–Crippen LogP) is 4.52. The Morgan fingerprint density at radius 1 is 1.00 bits per heavy atom. The summed E-state index contributed by atoms with van der Waals surface area (Å²) in [5.41, 5.74) is 5.20. The number of aryl methyl sites for hydroxylation is 2. The third-order valence-corrected chi connectivity index (χ3v) is 4.71. The molecule has 1 aromatic carbocycles. The molecule has 6 nitrogen and oxygen atoms in total. The fraction of sp³-hybridized carbons (Fsp3) is 0.348. The molecule has 0 spiro atoms. The zero-order chi connectivity index (χ0) is 20.6. The predicted molar refractivity (Wildman–Crippen MR) is 121 cm³/mol. The molecule has 0 saturated carbocycles. The summed E-state index contributed by atoms with van der Waals surface area (Å²) in [6, 6.07) is 14.2. The molecular formula is C23H30N6. The maximum absolute atomic E-state index is 4.71. The fourth-order valence-corrected chi connectivity index (χ4v) is 3.16. The highest BCUT2D eigenvalue weighted by atomic mass is 15.1. The Morgan fingerprint density at radius 3 is 2.59 bits per heavy atom. The van der Waals surface area contributed by atoms with Crippen LogP contribution >= 0.6 is 0 Å². The van der Waals surface area contributed by atoms with Crippen LogP contribution in [0.4, 0.5) is 17.5 Å². The first-order valence-corrected chi connectivity index (χ1v) is 10.1. The second kappa shape index (κ2) is 9.98. The molecule has 0 aliphatic heterocycles. The van der Waals surface area contributed by atoms with Gasteiger partial charge in [-0.3, -0.25) is 4.98 Å². The molecule has 0 aliphatic rings. The van der Waals surface area contributed by atoms with Gasteiger partial charge in [0.2, 0.25) is 5.95 Å². The van der Waals surface area contributed by atoms with Crippen molar-refractivity contribution in [3.8, 4) is 11.4 Å². The van der Waals surface area contributed by atoms with Gasteiger partial charge in [0.25, 0.3) is 0 Å². The monoisotopic (exact) mass is 390 g/mol. The van der Waals surface area contributed by atoms with Crippen LogP contribution in [0.3, 0.4) is 0 Å². The van der Waals surface area contributed by atoms with Gasteiger partial charge in [0.15, 0.2) is 0 Å². The van der Waals surface area contributed by atoms with Crippen molar-refractivity contribution >= 4 is 17.5 Å². The van der Waals surface area contributed by atoms with Gasteiger partial charge in [-0.05, 0) is 63.7 Å². The van der Waals surface area contributed by atoms with Gasteiger partial charge in [-0.2, -0.15) is 4.98 Å². The Morgan fingerprint density at radius 2 is 1.86 bits per heavy atom. The normalized spacial score (nSPS) is 10.9. The van der Waals surface area contributed by atoms with Gasteiger partial charge < -0.3 is 15.5 Å². The van der Waals surface area contributed by atoms with E-state index in [1.165, 1.54) is 11.1 Å². The van der Waals surface area contributed by atoms with Crippen molar-refractivity contribution in [1.82, 2.24) is 19.9 Å². The number of rotatable bonds is 9. The van der Waals surface area contributed by atoms with Crippen molar-refractivity contribution in [3.63, 3.8) is 0 Å². The number of benzene rings is 1. The van der Waals surface area contributed by atoms with Gasteiger partial charge in [0, 0.05) is 24.5 Å². The maximum atomic E-state index is 4.71. The van der Waals surface area contributed by atoms with E-state index in [-0.39, 0.29) is 0 Å². The molecule has 0 radical (unpaired) electrons. The van der Waals surface area contributed by atoms with Crippen LogP contribution in [0.5, 0.6) is 0 Å². The van der Waals surface area contributed by atoms with Crippen molar-refractivity contribution < 1.29 is 0 Å². The fourth-order valence-electron chi connectivity index (χ4n) is 3.16. The molecule has 2 aromatic heterocycles. The van der Waals surface area contributed by atoms with E-state index in [0.29, 0.717) is 5.95 Å². The van der Waals surface area contributed by atoms with Crippen molar-refractivity contribution in [2.45, 2.75) is 26.7 Å². The lowest BCUT2D eigenvalue weighted by molar-refractivity contribution is 0.405. The molecule has 0 unspecified atom stereocenters. The molecule has 152 valence electrons. The minimum atomic E-state index is 0.612. The average Bonchev–Trinajstić information content (AvgIpc) is 2.73. The minimum Gasteiger partial charge on any atom is -0.354 e. The van der Waals surface area contributed by atoms with Crippen LogP contribution in [0, 0.1) is 6.92 Å². The number of hydrogen-bond acceptors (Lipinski definition) is 6. The second-order valence-corrected chi connectivity index (χ2v) is 7.35. The summed E-state index contributed by atoms with van der Waals surface area (Å²) in [4.78, 5) is 16.0. The van der Waals surface area contributed by atoms with Crippen LogP contribution in [0.15, 0.2) is 48.7 Å². The third-order valence-electron chi connectivity index (χ3n) is 4.71. The summed E-state index contributed by atoms with van der Waals surface area (Å²) in [5.74, 6) is 1.38. The molecule has 0 atom stereocenters. The first-order valence-electron chi connectivity index (χ1n) is 10.1. The van der Waals surface area contributed by atoms with Crippen LogP contribution < -0.4 is 10.6 Å². The SMILES string of the molecule is CCc1cccc(C)c1Nc1cc(-c2ccccn2)nc(NCCCN(C)C)n1. The lowest BCUT2D eigenvalue weighted by atomic mass is 10.1. The lowest BCUT2D eigenvalue weighted by Crippen LogP contribution is -2.17. The molecule has 0 aliphatic carbocycles. The van der Waals surface area contributed by atoms with Gasteiger partial charge in [-0.15, -0.1) is 0 Å². The number of para-hydroxylation sites is 1. The zero-order valence-corrected chi connectivity index (χ0v) is 17.7. The smallest absolute Gasteiger partial charge is 0.225 e. The van der Waals surface area contributed by atoms with Crippen molar-refractivity contribution in [3.05, 3.63) is 59.8 Å². The van der Waals surface area contributed by atoms with Crippen LogP contribution in [-0.2, 0) is 6.42 Å². The average molecular weight is 391 g/mol. The van der Waals surface area contributed by atoms with E-state index in [1.54, 1.807) is 6.20 Å². The molecular weight excluding hydrogens is 360 g/mol. The Kier molecular flexibility index (Phi) is 7.14. The lowest BCUT2D eigenvalue weighted by Gasteiger charge is -2.15. The summed E-state index contributed by atoms with van der Waals surface area (Å²) >= 11 is 0. The van der Waals surface area contributed by atoms with E-state index >= 15 is 0 Å². The van der Waals surface area contributed by atoms with E-state index in [0.717, 1.165) is 48.8 Å². The van der Waals surface area contributed by atoms with Gasteiger partial charge in [-0.25, -0.2) is 4.98 Å². The summed E-state index contributed by atoms with van der Waals surface area (Å²) < 4.78 is 0. The van der Waals surface area contributed by atoms with Crippen molar-refractivity contribution in [1.29, 1.82) is 0 Å². The Balaban J connectivity index is 1.90. The van der Waals surface area contributed by atoms with E-state index in [2.05, 4.69) is 71.6 Å². The van der Waals surface area contributed by atoms with E-state index < -0.39 is 0 Å². The number of pyridine rings is 1. The van der Waals surface area contributed by atoms with E-state index in [4.69, 9.17) is 4.98 Å². The highest BCUT2D eigenvalue weighted by Gasteiger charge is 2.11. The highest BCUT2D eigenvalue weighted by Crippen LogP contribution is 2.27. The molecule has 3 aromatic rings. The molecule has 0 amide bonds. The molecule has 2 N–H and O–H groups in total. The zero-order valence-electron chi connectivity index (χ0n) is 17.7. The molecule has 0 fully saturated rings. The number of nitrogens with one attached hydrogen (secondary N) is 2. The van der Waals surface area contributed by atoms with Gasteiger partial charge in [0.05, 0.1) is 11.4 Å². The topological polar surface area (TPSA) is 66.0 Å². The molecule has 3 rings (SSSR count). The number of hydrogen-bond donors (Lipinski definition) is 2. The number of nitrogens with zero attached hydrogens (tertiary/aromatic N) is 4. The van der Waals surface area contributed by atoms with Gasteiger partial charge in [0.1, 0.15) is 5.82 Å². The highest BCUT2D eigenvalue weighted by molar-refractivity contribution is 5.69. The Hall–Kier alpha value is -2.99. The maximum Gasteiger partial charge on any atom is 0.225 e. The van der Waals surface area contributed by atoms with Gasteiger partial charge >= 0.3 is 0 Å². The van der Waals surface area contributed by atoms with E-state index in [9.17, 15) is 0 Å². The van der Waals surface area contributed by atoms with Gasteiger partial charge in [-0.1, -0.05) is 31.2 Å². The molecule has 2 heterocycles. The number of aromatic nitrogens is 3. The van der Waals surface area contributed by atoms with Crippen molar-refractivity contribution in [2.75, 3.05) is 37.8 Å². The van der Waals surface area contributed by atoms with Crippen LogP contribution in [-0.4, -0.2) is 47.0 Å².